The highest BCUT2D eigenvalue weighted by Gasteiger charge is 2.52. The Labute approximate surface area is 324 Å². The second kappa shape index (κ2) is 18.6. The fraction of sp³-hybridized carbons (Fsp3) is 0.886. The zero-order chi connectivity index (χ0) is 42.6. The van der Waals surface area contributed by atoms with Gasteiger partial charge in [-0.05, 0) is 88.0 Å². The van der Waals surface area contributed by atoms with E-state index in [1.807, 2.05) is 0 Å². The molecular formula is C35H60F3N5O13. The van der Waals surface area contributed by atoms with E-state index in [9.17, 15) is 42.6 Å². The molecule has 0 spiro atoms. The van der Waals surface area contributed by atoms with E-state index in [1.54, 1.807) is 62.3 Å². The number of nitrogens with zero attached hydrogens (tertiary/aromatic N) is 1. The highest BCUT2D eigenvalue weighted by atomic mass is 19.4. The Morgan fingerprint density at radius 2 is 1.27 bits per heavy atom. The van der Waals surface area contributed by atoms with Crippen LogP contribution in [0.2, 0.25) is 0 Å². The number of nitrogens with one attached hydrogen (secondary N) is 3. The van der Waals surface area contributed by atoms with E-state index in [0.717, 1.165) is 7.05 Å². The third-order valence-corrected chi connectivity index (χ3v) is 8.76. The van der Waals surface area contributed by atoms with Crippen molar-refractivity contribution in [2.24, 2.45) is 5.73 Å². The number of carbonyl (C=O) groups excluding carboxylic acids is 4. The van der Waals surface area contributed by atoms with E-state index in [0.29, 0.717) is 11.3 Å². The molecule has 324 valence electrons. The first-order valence-corrected chi connectivity index (χ1v) is 18.5. The topological polar surface area (TPSA) is 239 Å². The van der Waals surface area contributed by atoms with Crippen LogP contribution in [0.3, 0.4) is 0 Å². The zero-order valence-electron chi connectivity index (χ0n) is 33.6. The Kier molecular flexibility index (Phi) is 15.7. The van der Waals surface area contributed by atoms with E-state index >= 15 is 0 Å². The number of aliphatic hydroxyl groups is 2. The number of halogens is 3. The van der Waals surface area contributed by atoms with E-state index in [2.05, 4.69) is 16.0 Å². The first-order valence-electron chi connectivity index (χ1n) is 18.5. The minimum absolute atomic E-state index is 0.0271. The first-order chi connectivity index (χ1) is 25.5. The van der Waals surface area contributed by atoms with Crippen molar-refractivity contribution in [2.75, 3.05) is 20.2 Å². The molecule has 0 bridgehead atoms. The van der Waals surface area contributed by atoms with Gasteiger partial charge in [-0.3, -0.25) is 4.79 Å². The molecule has 1 saturated carbocycles. The monoisotopic (exact) mass is 815 g/mol. The molecule has 0 aromatic rings. The molecule has 4 amide bonds. The molecule has 56 heavy (non-hydrogen) atoms. The number of ether oxygens (including phenoxy) is 7. The minimum atomic E-state index is -5.20. The molecule has 18 nitrogen and oxygen atoms in total. The third-order valence-electron chi connectivity index (χ3n) is 8.76. The quantitative estimate of drug-likeness (QED) is 0.183. The summed E-state index contributed by atoms with van der Waals surface area (Å²) in [6, 6.07) is -4.43. The number of aliphatic hydroxyl groups excluding tert-OH is 2. The average molecular weight is 816 g/mol. The molecule has 1 aliphatic carbocycles. The summed E-state index contributed by atoms with van der Waals surface area (Å²) >= 11 is 0. The molecule has 2 aliphatic heterocycles. The number of hydrogen-bond donors (Lipinski definition) is 6. The van der Waals surface area contributed by atoms with Crippen LogP contribution in [0.25, 0.3) is 0 Å². The Morgan fingerprint density at radius 1 is 0.750 bits per heavy atom. The summed E-state index contributed by atoms with van der Waals surface area (Å²) in [4.78, 5) is 50.7. The van der Waals surface area contributed by atoms with Crippen molar-refractivity contribution >= 4 is 24.2 Å². The lowest BCUT2D eigenvalue weighted by Crippen LogP contribution is -2.67. The van der Waals surface area contributed by atoms with E-state index in [-0.39, 0.29) is 32.4 Å². The van der Waals surface area contributed by atoms with Crippen molar-refractivity contribution in [3.8, 4) is 0 Å². The Hall–Kier alpha value is -3.21. The van der Waals surface area contributed by atoms with E-state index in [4.69, 9.17) is 38.9 Å². The number of hydrogen-bond acceptors (Lipinski definition) is 14. The molecule has 7 N–H and O–H groups in total. The predicted molar refractivity (Wildman–Crippen MR) is 190 cm³/mol. The van der Waals surface area contributed by atoms with Crippen LogP contribution in [-0.4, -0.2) is 150 Å². The van der Waals surface area contributed by atoms with Gasteiger partial charge in [-0.15, -0.1) is 0 Å². The molecule has 0 aromatic heterocycles. The summed E-state index contributed by atoms with van der Waals surface area (Å²) in [6.07, 6.45) is -17.4. The molecule has 21 heteroatoms. The highest BCUT2D eigenvalue weighted by molar-refractivity contribution is 5.82. The van der Waals surface area contributed by atoms with Gasteiger partial charge >= 0.3 is 30.4 Å². The standard InChI is InChI=1S/C35H60F3N5O13/c1-32(2,3)54-29(47)40-16-17-11-12-19(41-30(48)55-33(4,5)6)26(51-17)53-25-20(42-31(49)56-34(7,8)9)15-18(39)24(23(25)45)52-27-22(44)21(13-14-50-27)43(10)28(46)35(36,37)38/h17-27,44-45H,11-16,39H2,1-10H3,(H,40,47)(H,41,48)(H,42,49). The second-order valence-corrected chi connectivity index (χ2v) is 17.2. The summed E-state index contributed by atoms with van der Waals surface area (Å²) in [5, 5.41) is 31.0. The predicted octanol–water partition coefficient (Wildman–Crippen LogP) is 2.16. The summed E-state index contributed by atoms with van der Waals surface area (Å²) in [5.74, 6) is -2.18. The maximum Gasteiger partial charge on any atom is 0.471 e. The van der Waals surface area contributed by atoms with Crippen LogP contribution in [0.4, 0.5) is 27.6 Å². The van der Waals surface area contributed by atoms with Gasteiger partial charge in [0.2, 0.25) is 0 Å². The third kappa shape index (κ3) is 14.3. The molecule has 11 atom stereocenters. The number of alkyl halides is 3. The molecule has 0 aromatic carbocycles. The maximum absolute atomic E-state index is 13.2. The van der Waals surface area contributed by atoms with Gasteiger partial charge in [-0.25, -0.2) is 14.4 Å². The van der Waals surface area contributed by atoms with E-state index in [1.165, 1.54) is 0 Å². The van der Waals surface area contributed by atoms with E-state index < -0.39 is 114 Å². The zero-order valence-corrected chi connectivity index (χ0v) is 33.6. The molecular weight excluding hydrogens is 755 g/mol. The van der Waals surface area contributed by atoms with Gasteiger partial charge in [0, 0.05) is 19.6 Å². The molecule has 3 aliphatic rings. The Bertz CT molecular complexity index is 1360. The maximum atomic E-state index is 13.2. The van der Waals surface area contributed by atoms with Gasteiger partial charge in [0.05, 0.1) is 30.8 Å². The lowest BCUT2D eigenvalue weighted by atomic mass is 9.83. The molecule has 3 rings (SSSR count). The fourth-order valence-electron chi connectivity index (χ4n) is 6.40. The van der Waals surface area contributed by atoms with Gasteiger partial charge in [-0.2, -0.15) is 13.2 Å². The largest absolute Gasteiger partial charge is 0.471 e. The molecule has 3 fully saturated rings. The second-order valence-electron chi connectivity index (χ2n) is 17.2. The molecule has 11 unspecified atom stereocenters. The van der Waals surface area contributed by atoms with Crippen molar-refractivity contribution in [2.45, 2.75) is 178 Å². The SMILES string of the molecule is CN(C(=O)C(F)(F)F)C1CCOC(OC2C(N)CC(NC(=O)OC(C)(C)C)C(OC3OC(CNC(=O)OC(C)(C)C)CCC3NC(=O)OC(C)(C)C)C2O)C1O. The lowest BCUT2D eigenvalue weighted by molar-refractivity contribution is -0.293. The summed E-state index contributed by atoms with van der Waals surface area (Å²) in [5.41, 5.74) is 3.91. The minimum Gasteiger partial charge on any atom is -0.444 e. The van der Waals surface area contributed by atoms with Crippen LogP contribution in [0, 0.1) is 0 Å². The fourth-order valence-corrected chi connectivity index (χ4v) is 6.40. The Morgan fingerprint density at radius 3 is 1.80 bits per heavy atom. The van der Waals surface area contributed by atoms with Gasteiger partial charge in [-0.1, -0.05) is 0 Å². The number of nitrogens with two attached hydrogens (primary N) is 1. The van der Waals surface area contributed by atoms with Crippen LogP contribution in [-0.2, 0) is 38.0 Å². The number of likely N-dealkylation sites (N-methyl/N-ethyl adjacent to an activating group) is 1. The highest BCUT2D eigenvalue weighted by Crippen LogP contribution is 2.33. The number of carbonyl (C=O) groups is 4. The molecule has 0 radical (unpaired) electrons. The Balaban J connectivity index is 1.92. The van der Waals surface area contributed by atoms with Crippen molar-refractivity contribution in [3.63, 3.8) is 0 Å². The van der Waals surface area contributed by atoms with Crippen molar-refractivity contribution in [3.05, 3.63) is 0 Å². The van der Waals surface area contributed by atoms with Crippen LogP contribution >= 0.6 is 0 Å². The van der Waals surface area contributed by atoms with Crippen LogP contribution in [0.5, 0.6) is 0 Å². The van der Waals surface area contributed by atoms with Gasteiger partial charge in [0.15, 0.2) is 12.6 Å². The number of alkyl carbamates (subject to hydrolysis) is 3. The number of amides is 4. The van der Waals surface area contributed by atoms with Crippen molar-refractivity contribution in [1.29, 1.82) is 0 Å². The van der Waals surface area contributed by atoms with Gasteiger partial charge < -0.3 is 70.0 Å². The van der Waals surface area contributed by atoms with Crippen LogP contribution in [0.15, 0.2) is 0 Å². The molecule has 2 saturated heterocycles. The van der Waals surface area contributed by atoms with Crippen molar-refractivity contribution in [1.82, 2.24) is 20.9 Å². The summed E-state index contributed by atoms with van der Waals surface area (Å²) in [6.45, 7) is 14.8. The van der Waals surface area contributed by atoms with Gasteiger partial charge in [0.25, 0.3) is 0 Å². The van der Waals surface area contributed by atoms with Crippen LogP contribution < -0.4 is 21.7 Å². The summed E-state index contributed by atoms with van der Waals surface area (Å²) < 4.78 is 80.0. The summed E-state index contributed by atoms with van der Waals surface area (Å²) in [7, 11) is 0.895. The first kappa shape index (κ1) is 47.2. The lowest BCUT2D eigenvalue weighted by Gasteiger charge is -2.48. The normalized spacial score (nSPS) is 31.8. The molecule has 2 heterocycles. The van der Waals surface area contributed by atoms with Crippen LogP contribution in [0.1, 0.15) is 88.0 Å². The van der Waals surface area contributed by atoms with Gasteiger partial charge in [0.1, 0.15) is 41.2 Å². The van der Waals surface area contributed by atoms with Crippen molar-refractivity contribution < 1.29 is 75.7 Å². The average Bonchev–Trinajstić information content (AvgIpc) is 3.01. The smallest absolute Gasteiger partial charge is 0.444 e. The number of rotatable bonds is 9.